The summed E-state index contributed by atoms with van der Waals surface area (Å²) in [6.45, 7) is 3.66. The molecular formula is C15H20N2O4. The van der Waals surface area contributed by atoms with Gasteiger partial charge in [0.2, 0.25) is 0 Å². The molecule has 1 aliphatic heterocycles. The number of pyridine rings is 1. The number of methoxy groups -OCH3 is 1. The second-order valence-electron chi connectivity index (χ2n) is 4.93. The Morgan fingerprint density at radius 3 is 3.00 bits per heavy atom. The highest BCUT2D eigenvalue weighted by atomic mass is 16.5. The fourth-order valence-corrected chi connectivity index (χ4v) is 2.50. The molecule has 1 aromatic heterocycles. The number of carbonyl (C=O) groups excluding carboxylic acids is 2. The number of anilines is 1. The van der Waals surface area contributed by atoms with Crippen LogP contribution in [0.4, 0.5) is 5.69 Å². The number of hydrogen-bond donors (Lipinski definition) is 0. The number of nitrogens with zero attached hydrogens (tertiary/aromatic N) is 2. The standard InChI is InChI=1S/C15H20N2O4/c1-3-21-14(18)11-5-4-8-17(10-11)12-6-7-16-13(9-12)15(19)20-2/h6-7,9,11H,3-5,8,10H2,1-2H3. The zero-order valence-corrected chi connectivity index (χ0v) is 12.4. The second kappa shape index (κ2) is 7.06. The van der Waals surface area contributed by atoms with Crippen molar-refractivity contribution >= 4 is 17.6 Å². The van der Waals surface area contributed by atoms with Crippen LogP contribution >= 0.6 is 0 Å². The molecule has 0 spiro atoms. The lowest BCUT2D eigenvalue weighted by molar-refractivity contribution is -0.148. The third-order valence-corrected chi connectivity index (χ3v) is 3.54. The van der Waals surface area contributed by atoms with Gasteiger partial charge in [-0.3, -0.25) is 4.79 Å². The molecule has 0 aromatic carbocycles. The zero-order valence-electron chi connectivity index (χ0n) is 12.4. The van der Waals surface area contributed by atoms with E-state index in [9.17, 15) is 9.59 Å². The molecular weight excluding hydrogens is 272 g/mol. The van der Waals surface area contributed by atoms with Crippen LogP contribution < -0.4 is 4.90 Å². The molecule has 1 aromatic rings. The van der Waals surface area contributed by atoms with Crippen molar-refractivity contribution in [2.24, 2.45) is 5.92 Å². The van der Waals surface area contributed by atoms with Crippen molar-refractivity contribution in [2.75, 3.05) is 31.7 Å². The quantitative estimate of drug-likeness (QED) is 0.786. The molecule has 2 heterocycles. The fourth-order valence-electron chi connectivity index (χ4n) is 2.50. The molecule has 1 saturated heterocycles. The zero-order chi connectivity index (χ0) is 15.2. The van der Waals surface area contributed by atoms with Crippen molar-refractivity contribution in [3.05, 3.63) is 24.0 Å². The lowest BCUT2D eigenvalue weighted by Gasteiger charge is -2.33. The van der Waals surface area contributed by atoms with Gasteiger partial charge >= 0.3 is 11.9 Å². The molecule has 21 heavy (non-hydrogen) atoms. The van der Waals surface area contributed by atoms with Gasteiger partial charge in [-0.1, -0.05) is 0 Å². The van der Waals surface area contributed by atoms with Crippen LogP contribution in [0.5, 0.6) is 0 Å². The van der Waals surface area contributed by atoms with Crippen molar-refractivity contribution in [2.45, 2.75) is 19.8 Å². The molecule has 0 N–H and O–H groups in total. The number of piperidine rings is 1. The molecule has 0 radical (unpaired) electrons. The average Bonchev–Trinajstić information content (AvgIpc) is 2.54. The van der Waals surface area contributed by atoms with Crippen molar-refractivity contribution < 1.29 is 19.1 Å². The van der Waals surface area contributed by atoms with Gasteiger partial charge in [-0.2, -0.15) is 0 Å². The first kappa shape index (κ1) is 15.3. The summed E-state index contributed by atoms with van der Waals surface area (Å²) in [5.41, 5.74) is 1.15. The van der Waals surface area contributed by atoms with E-state index in [1.807, 2.05) is 13.0 Å². The van der Waals surface area contributed by atoms with E-state index in [0.29, 0.717) is 13.2 Å². The maximum Gasteiger partial charge on any atom is 0.356 e. The third kappa shape index (κ3) is 3.71. The van der Waals surface area contributed by atoms with Crippen molar-refractivity contribution in [3.8, 4) is 0 Å². The van der Waals surface area contributed by atoms with E-state index in [4.69, 9.17) is 4.74 Å². The summed E-state index contributed by atoms with van der Waals surface area (Å²) in [4.78, 5) is 29.5. The van der Waals surface area contributed by atoms with E-state index < -0.39 is 5.97 Å². The number of rotatable bonds is 4. The molecule has 0 bridgehead atoms. The molecule has 114 valence electrons. The monoisotopic (exact) mass is 292 g/mol. The molecule has 1 fully saturated rings. The summed E-state index contributed by atoms with van der Waals surface area (Å²) in [7, 11) is 1.33. The minimum atomic E-state index is -0.462. The largest absolute Gasteiger partial charge is 0.466 e. The summed E-state index contributed by atoms with van der Waals surface area (Å²) >= 11 is 0. The highest BCUT2D eigenvalue weighted by Crippen LogP contribution is 2.24. The molecule has 0 amide bonds. The van der Waals surface area contributed by atoms with Gasteiger partial charge in [0.15, 0.2) is 0 Å². The maximum absolute atomic E-state index is 11.9. The normalized spacial score (nSPS) is 18.2. The number of esters is 2. The van der Waals surface area contributed by atoms with Crippen LogP contribution in [0.1, 0.15) is 30.3 Å². The average molecular weight is 292 g/mol. The van der Waals surface area contributed by atoms with Crippen molar-refractivity contribution in [3.63, 3.8) is 0 Å². The van der Waals surface area contributed by atoms with Crippen LogP contribution in [-0.2, 0) is 14.3 Å². The molecule has 6 nitrogen and oxygen atoms in total. The predicted octanol–water partition coefficient (Wildman–Crippen LogP) is 1.65. The molecule has 1 aliphatic rings. The van der Waals surface area contributed by atoms with Gasteiger partial charge in [0, 0.05) is 25.0 Å². The minimum absolute atomic E-state index is 0.117. The summed E-state index contributed by atoms with van der Waals surface area (Å²) < 4.78 is 9.77. The number of ether oxygens (including phenoxy) is 2. The smallest absolute Gasteiger partial charge is 0.356 e. The van der Waals surface area contributed by atoms with E-state index in [2.05, 4.69) is 14.6 Å². The minimum Gasteiger partial charge on any atom is -0.466 e. The Balaban J connectivity index is 2.10. The third-order valence-electron chi connectivity index (χ3n) is 3.54. The SMILES string of the molecule is CCOC(=O)C1CCCN(c2ccnc(C(=O)OC)c2)C1. The first-order valence-electron chi connectivity index (χ1n) is 7.11. The Bertz CT molecular complexity index is 518. The van der Waals surface area contributed by atoms with Crippen molar-refractivity contribution in [1.29, 1.82) is 0 Å². The van der Waals surface area contributed by atoms with Gasteiger partial charge in [-0.25, -0.2) is 9.78 Å². The molecule has 0 aliphatic carbocycles. The number of hydrogen-bond acceptors (Lipinski definition) is 6. The van der Waals surface area contributed by atoms with Crippen LogP contribution in [0, 0.1) is 5.92 Å². The van der Waals surface area contributed by atoms with E-state index in [1.54, 1.807) is 12.3 Å². The summed E-state index contributed by atoms with van der Waals surface area (Å²) in [6, 6.07) is 3.53. The number of aromatic nitrogens is 1. The molecule has 1 unspecified atom stereocenters. The Kier molecular flexibility index (Phi) is 5.14. The van der Waals surface area contributed by atoms with Gasteiger partial charge in [0.25, 0.3) is 0 Å². The highest BCUT2D eigenvalue weighted by Gasteiger charge is 2.27. The van der Waals surface area contributed by atoms with Crippen LogP contribution in [0.15, 0.2) is 18.3 Å². The first-order chi connectivity index (χ1) is 10.2. The predicted molar refractivity (Wildman–Crippen MR) is 77.1 cm³/mol. The second-order valence-corrected chi connectivity index (χ2v) is 4.93. The van der Waals surface area contributed by atoms with Gasteiger partial charge < -0.3 is 14.4 Å². The lowest BCUT2D eigenvalue weighted by atomic mass is 9.97. The molecule has 6 heteroatoms. The van der Waals surface area contributed by atoms with E-state index in [0.717, 1.165) is 25.1 Å². The fraction of sp³-hybridized carbons (Fsp3) is 0.533. The van der Waals surface area contributed by atoms with Crippen molar-refractivity contribution in [1.82, 2.24) is 4.98 Å². The molecule has 0 saturated carbocycles. The Morgan fingerprint density at radius 1 is 1.48 bits per heavy atom. The Labute approximate surface area is 124 Å². The molecule has 1 atom stereocenters. The maximum atomic E-state index is 11.9. The summed E-state index contributed by atoms with van der Waals surface area (Å²) in [6.07, 6.45) is 3.33. The Morgan fingerprint density at radius 2 is 2.29 bits per heavy atom. The Hall–Kier alpha value is -2.11. The van der Waals surface area contributed by atoms with Crippen LogP contribution in [0.25, 0.3) is 0 Å². The van der Waals surface area contributed by atoms with Crippen LogP contribution in [0.3, 0.4) is 0 Å². The highest BCUT2D eigenvalue weighted by molar-refractivity contribution is 5.88. The summed E-state index contributed by atoms with van der Waals surface area (Å²) in [5, 5.41) is 0. The van der Waals surface area contributed by atoms with Gasteiger partial charge in [-0.15, -0.1) is 0 Å². The lowest BCUT2D eigenvalue weighted by Crippen LogP contribution is -2.39. The van der Waals surface area contributed by atoms with E-state index >= 15 is 0 Å². The van der Waals surface area contributed by atoms with Gasteiger partial charge in [0.05, 0.1) is 19.6 Å². The van der Waals surface area contributed by atoms with E-state index in [-0.39, 0.29) is 17.6 Å². The van der Waals surface area contributed by atoms with E-state index in [1.165, 1.54) is 7.11 Å². The summed E-state index contributed by atoms with van der Waals surface area (Å²) in [5.74, 6) is -0.728. The topological polar surface area (TPSA) is 68.7 Å². The van der Waals surface area contributed by atoms with Crippen LogP contribution in [0.2, 0.25) is 0 Å². The van der Waals surface area contributed by atoms with Crippen LogP contribution in [-0.4, -0.2) is 43.7 Å². The van der Waals surface area contributed by atoms with Gasteiger partial charge in [-0.05, 0) is 31.9 Å². The first-order valence-corrected chi connectivity index (χ1v) is 7.11. The molecule has 2 rings (SSSR count). The number of carbonyl (C=O) groups is 2. The van der Waals surface area contributed by atoms with Gasteiger partial charge in [0.1, 0.15) is 5.69 Å².